The first-order valence-electron chi connectivity index (χ1n) is 9.91. The number of ether oxygens (including phenoxy) is 3. The average Bonchev–Trinajstić information content (AvgIpc) is 2.64. The summed E-state index contributed by atoms with van der Waals surface area (Å²) in [6.45, 7) is 4.97. The molecular weight excluding hydrogens is 342 g/mol. The van der Waals surface area contributed by atoms with Crippen LogP contribution >= 0.6 is 0 Å². The van der Waals surface area contributed by atoms with E-state index in [2.05, 4.69) is 29.5 Å². The summed E-state index contributed by atoms with van der Waals surface area (Å²) >= 11 is 0. The van der Waals surface area contributed by atoms with Gasteiger partial charge in [-0.1, -0.05) is 6.42 Å². The molecule has 6 nitrogen and oxygen atoms in total. The van der Waals surface area contributed by atoms with Crippen molar-refractivity contribution in [3.63, 3.8) is 0 Å². The summed E-state index contributed by atoms with van der Waals surface area (Å²) < 4.78 is 16.8. The number of benzene rings is 1. The Kier molecular flexibility index (Phi) is 6.15. The van der Waals surface area contributed by atoms with E-state index in [0.29, 0.717) is 17.6 Å². The quantitative estimate of drug-likeness (QED) is 0.566. The van der Waals surface area contributed by atoms with Crippen molar-refractivity contribution in [3.8, 4) is 11.5 Å². The van der Waals surface area contributed by atoms with E-state index in [0.717, 1.165) is 36.0 Å². The zero-order valence-electron chi connectivity index (χ0n) is 17.2. The molecule has 3 rings (SSSR count). The molecule has 0 bridgehead atoms. The lowest BCUT2D eigenvalue weighted by atomic mass is 9.51. The van der Waals surface area contributed by atoms with Crippen molar-refractivity contribution >= 4 is 5.96 Å². The van der Waals surface area contributed by atoms with Gasteiger partial charge in [0.1, 0.15) is 11.5 Å². The van der Waals surface area contributed by atoms with Crippen molar-refractivity contribution in [2.45, 2.75) is 57.7 Å². The third-order valence-electron chi connectivity index (χ3n) is 6.23. The Morgan fingerprint density at radius 3 is 2.63 bits per heavy atom. The van der Waals surface area contributed by atoms with E-state index < -0.39 is 0 Å². The normalized spacial score (nSPS) is 24.6. The lowest BCUT2D eigenvalue weighted by Gasteiger charge is -2.61. The summed E-state index contributed by atoms with van der Waals surface area (Å²) in [7, 11) is 5.18. The highest BCUT2D eigenvalue weighted by atomic mass is 16.5. The van der Waals surface area contributed by atoms with Crippen LogP contribution in [0.5, 0.6) is 11.5 Å². The Morgan fingerprint density at radius 1 is 1.30 bits per heavy atom. The molecule has 2 N–H and O–H groups in total. The largest absolute Gasteiger partial charge is 0.497 e. The number of methoxy groups -OCH3 is 2. The second-order valence-electron chi connectivity index (χ2n) is 7.51. The molecule has 1 aromatic carbocycles. The standard InChI is InChI=1S/C21H33N3O3/c1-6-27-19-13-18(21(19)10-7-11-21)24-20(22-3)23-14(2)16-12-15(25-4)8-9-17(16)26-5/h8-9,12,14,18-19H,6-7,10-11,13H2,1-5H3,(H2,22,23,24). The lowest BCUT2D eigenvalue weighted by Crippen LogP contribution is -2.68. The molecule has 3 unspecified atom stereocenters. The van der Waals surface area contributed by atoms with E-state index in [-0.39, 0.29) is 6.04 Å². The molecule has 0 heterocycles. The fraction of sp³-hybridized carbons (Fsp3) is 0.667. The highest BCUT2D eigenvalue weighted by Crippen LogP contribution is 2.57. The fourth-order valence-electron chi connectivity index (χ4n) is 4.44. The fourth-order valence-corrected chi connectivity index (χ4v) is 4.44. The van der Waals surface area contributed by atoms with Gasteiger partial charge in [-0.05, 0) is 51.3 Å². The molecule has 3 atom stereocenters. The minimum absolute atomic E-state index is 0.0290. The van der Waals surface area contributed by atoms with Crippen LogP contribution in [-0.2, 0) is 4.74 Å². The third-order valence-corrected chi connectivity index (χ3v) is 6.23. The molecule has 2 aliphatic rings. The molecule has 0 aliphatic heterocycles. The molecule has 0 aromatic heterocycles. The molecule has 1 aromatic rings. The molecule has 1 spiro atoms. The van der Waals surface area contributed by atoms with Gasteiger partial charge in [-0.2, -0.15) is 0 Å². The van der Waals surface area contributed by atoms with Gasteiger partial charge in [-0.15, -0.1) is 0 Å². The first-order valence-corrected chi connectivity index (χ1v) is 9.91. The lowest BCUT2D eigenvalue weighted by molar-refractivity contribution is -0.168. The van der Waals surface area contributed by atoms with Crippen molar-refractivity contribution in [2.24, 2.45) is 10.4 Å². The smallest absolute Gasteiger partial charge is 0.191 e. The predicted octanol–water partition coefficient (Wildman–Crippen LogP) is 3.28. The van der Waals surface area contributed by atoms with E-state index in [1.165, 1.54) is 19.3 Å². The highest BCUT2D eigenvalue weighted by Gasteiger charge is 2.59. The van der Waals surface area contributed by atoms with E-state index in [9.17, 15) is 0 Å². The molecule has 2 fully saturated rings. The Labute approximate surface area is 162 Å². The summed E-state index contributed by atoms with van der Waals surface area (Å²) in [6, 6.07) is 6.30. The van der Waals surface area contributed by atoms with Gasteiger partial charge in [-0.3, -0.25) is 4.99 Å². The van der Waals surface area contributed by atoms with E-state index in [4.69, 9.17) is 14.2 Å². The first-order chi connectivity index (χ1) is 13.1. The van der Waals surface area contributed by atoms with Crippen molar-refractivity contribution in [3.05, 3.63) is 23.8 Å². The minimum atomic E-state index is 0.0290. The molecule has 2 saturated carbocycles. The Hall–Kier alpha value is -1.95. The van der Waals surface area contributed by atoms with Crippen LogP contribution in [0.25, 0.3) is 0 Å². The van der Waals surface area contributed by atoms with Crippen LogP contribution in [0.2, 0.25) is 0 Å². The molecule has 0 saturated heterocycles. The average molecular weight is 376 g/mol. The van der Waals surface area contributed by atoms with Crippen LogP contribution in [-0.4, -0.2) is 46.0 Å². The highest BCUT2D eigenvalue weighted by molar-refractivity contribution is 5.81. The summed E-state index contributed by atoms with van der Waals surface area (Å²) in [6.07, 6.45) is 5.22. The summed E-state index contributed by atoms with van der Waals surface area (Å²) in [4.78, 5) is 4.45. The number of aliphatic imine (C=N–C) groups is 1. The molecular formula is C21H33N3O3. The molecule has 27 heavy (non-hydrogen) atoms. The summed E-state index contributed by atoms with van der Waals surface area (Å²) in [5.74, 6) is 2.47. The van der Waals surface area contributed by atoms with Crippen LogP contribution in [0, 0.1) is 5.41 Å². The maximum absolute atomic E-state index is 5.96. The van der Waals surface area contributed by atoms with Gasteiger partial charge in [0.25, 0.3) is 0 Å². The number of hydrogen-bond donors (Lipinski definition) is 2. The topological polar surface area (TPSA) is 64.1 Å². The van der Waals surface area contributed by atoms with Crippen molar-refractivity contribution in [2.75, 3.05) is 27.9 Å². The molecule has 2 aliphatic carbocycles. The number of guanidine groups is 1. The first kappa shape index (κ1) is 19.8. The second kappa shape index (κ2) is 8.38. The van der Waals surface area contributed by atoms with Crippen LogP contribution < -0.4 is 20.1 Å². The zero-order valence-corrected chi connectivity index (χ0v) is 17.2. The Balaban J connectivity index is 1.66. The summed E-state index contributed by atoms with van der Waals surface area (Å²) in [5, 5.41) is 7.14. The predicted molar refractivity (Wildman–Crippen MR) is 108 cm³/mol. The van der Waals surface area contributed by atoms with Crippen LogP contribution in [0.1, 0.15) is 51.1 Å². The number of nitrogens with one attached hydrogen (secondary N) is 2. The van der Waals surface area contributed by atoms with Gasteiger partial charge in [0.15, 0.2) is 5.96 Å². The van der Waals surface area contributed by atoms with E-state index in [1.54, 1.807) is 14.2 Å². The van der Waals surface area contributed by atoms with E-state index >= 15 is 0 Å². The van der Waals surface area contributed by atoms with Crippen molar-refractivity contribution in [1.82, 2.24) is 10.6 Å². The van der Waals surface area contributed by atoms with Crippen LogP contribution in [0.3, 0.4) is 0 Å². The van der Waals surface area contributed by atoms with Gasteiger partial charge in [0, 0.05) is 30.7 Å². The third kappa shape index (κ3) is 3.72. The molecule has 150 valence electrons. The Morgan fingerprint density at radius 2 is 2.07 bits per heavy atom. The number of nitrogens with zero attached hydrogens (tertiary/aromatic N) is 1. The van der Waals surface area contributed by atoms with Gasteiger partial charge < -0.3 is 24.8 Å². The SMILES string of the molecule is CCOC1CC(NC(=NC)NC(C)c2cc(OC)ccc2OC)C12CCC2. The molecule has 0 amide bonds. The molecule has 0 radical (unpaired) electrons. The maximum atomic E-state index is 5.96. The Bertz CT molecular complexity index is 673. The van der Waals surface area contributed by atoms with Gasteiger partial charge >= 0.3 is 0 Å². The number of hydrogen-bond acceptors (Lipinski definition) is 4. The second-order valence-corrected chi connectivity index (χ2v) is 7.51. The maximum Gasteiger partial charge on any atom is 0.191 e. The van der Waals surface area contributed by atoms with Gasteiger partial charge in [0.2, 0.25) is 0 Å². The summed E-state index contributed by atoms with van der Waals surface area (Å²) in [5.41, 5.74) is 1.34. The van der Waals surface area contributed by atoms with Crippen molar-refractivity contribution < 1.29 is 14.2 Å². The van der Waals surface area contributed by atoms with Crippen molar-refractivity contribution in [1.29, 1.82) is 0 Å². The number of rotatable bonds is 7. The molecule has 6 heteroatoms. The van der Waals surface area contributed by atoms with Gasteiger partial charge in [0.05, 0.1) is 26.4 Å². The van der Waals surface area contributed by atoms with E-state index in [1.807, 2.05) is 25.2 Å². The minimum Gasteiger partial charge on any atom is -0.497 e. The zero-order chi connectivity index (χ0) is 19.4. The van der Waals surface area contributed by atoms with Crippen LogP contribution in [0.4, 0.5) is 0 Å². The van der Waals surface area contributed by atoms with Gasteiger partial charge in [-0.25, -0.2) is 0 Å². The van der Waals surface area contributed by atoms with Crippen LogP contribution in [0.15, 0.2) is 23.2 Å². The monoisotopic (exact) mass is 375 g/mol.